The van der Waals surface area contributed by atoms with E-state index >= 15 is 0 Å². The molecule has 6 nitrogen and oxygen atoms in total. The SMILES string of the molecule is CN=C(NCc1ccc(OC2CCCC2)nc1)N(C)CCC1CCOCC1.I. The highest BCUT2D eigenvalue weighted by Gasteiger charge is 2.17. The van der Waals surface area contributed by atoms with Gasteiger partial charge in [-0.05, 0) is 56.4 Å². The summed E-state index contributed by atoms with van der Waals surface area (Å²) in [5, 5.41) is 3.44. The Bertz CT molecular complexity index is 585. The fourth-order valence-electron chi connectivity index (χ4n) is 3.85. The van der Waals surface area contributed by atoms with Crippen LogP contribution in [0, 0.1) is 5.92 Å². The molecule has 0 aromatic carbocycles. The number of guanidine groups is 1. The molecule has 1 N–H and O–H groups in total. The number of aromatic nitrogens is 1. The molecule has 0 spiro atoms. The van der Waals surface area contributed by atoms with Crippen molar-refractivity contribution in [1.29, 1.82) is 0 Å². The Kier molecular flexibility index (Phi) is 10.3. The van der Waals surface area contributed by atoms with Gasteiger partial charge >= 0.3 is 0 Å². The Labute approximate surface area is 186 Å². The van der Waals surface area contributed by atoms with Crippen LogP contribution in [0.3, 0.4) is 0 Å². The molecule has 1 saturated carbocycles. The van der Waals surface area contributed by atoms with Gasteiger partial charge < -0.3 is 19.7 Å². The number of ether oxygens (including phenoxy) is 2. The van der Waals surface area contributed by atoms with E-state index in [1.54, 1.807) is 0 Å². The summed E-state index contributed by atoms with van der Waals surface area (Å²) in [6.07, 6.45) is 10.7. The molecule has 1 saturated heterocycles. The van der Waals surface area contributed by atoms with Gasteiger partial charge in [0.05, 0.1) is 0 Å². The minimum Gasteiger partial charge on any atom is -0.474 e. The molecule has 7 heteroatoms. The highest BCUT2D eigenvalue weighted by molar-refractivity contribution is 14.0. The standard InChI is InChI=1S/C21H34N4O2.HI/c1-22-21(25(2)12-9-17-10-13-26-14-11-17)24-16-18-7-8-20(23-15-18)27-19-5-3-4-6-19;/h7-8,15,17,19H,3-6,9-14,16H2,1-2H3,(H,22,24);1H. The van der Waals surface area contributed by atoms with Crippen LogP contribution in [0.1, 0.15) is 50.5 Å². The van der Waals surface area contributed by atoms with Crippen molar-refractivity contribution >= 4 is 29.9 Å². The molecular formula is C21H35IN4O2. The van der Waals surface area contributed by atoms with Gasteiger partial charge in [0.2, 0.25) is 5.88 Å². The molecule has 0 unspecified atom stereocenters. The molecule has 2 fully saturated rings. The number of nitrogens with zero attached hydrogens (tertiary/aromatic N) is 3. The number of hydrogen-bond acceptors (Lipinski definition) is 4. The topological polar surface area (TPSA) is 59.0 Å². The third-order valence-corrected chi connectivity index (χ3v) is 5.62. The van der Waals surface area contributed by atoms with Crippen LogP contribution in [0.25, 0.3) is 0 Å². The van der Waals surface area contributed by atoms with Crippen LogP contribution in [0.2, 0.25) is 0 Å². The van der Waals surface area contributed by atoms with Crippen molar-refractivity contribution in [2.75, 3.05) is 33.9 Å². The van der Waals surface area contributed by atoms with Gasteiger partial charge in [-0.1, -0.05) is 6.07 Å². The first-order chi connectivity index (χ1) is 13.2. The van der Waals surface area contributed by atoms with E-state index in [4.69, 9.17) is 9.47 Å². The molecule has 0 atom stereocenters. The predicted molar refractivity (Wildman–Crippen MR) is 124 cm³/mol. The average molecular weight is 502 g/mol. The lowest BCUT2D eigenvalue weighted by Crippen LogP contribution is -2.39. The third kappa shape index (κ3) is 7.39. The second-order valence-electron chi connectivity index (χ2n) is 7.70. The van der Waals surface area contributed by atoms with Gasteiger partial charge in [-0.15, -0.1) is 24.0 Å². The van der Waals surface area contributed by atoms with Gasteiger partial charge in [0, 0.05) is 52.7 Å². The summed E-state index contributed by atoms with van der Waals surface area (Å²) < 4.78 is 11.4. The number of nitrogens with one attached hydrogen (secondary N) is 1. The summed E-state index contributed by atoms with van der Waals surface area (Å²) in [5.41, 5.74) is 1.13. The minimum atomic E-state index is 0. The highest BCUT2D eigenvalue weighted by atomic mass is 127. The van der Waals surface area contributed by atoms with Crippen LogP contribution in [-0.2, 0) is 11.3 Å². The normalized spacial score (nSPS) is 18.6. The van der Waals surface area contributed by atoms with Crippen LogP contribution in [0.5, 0.6) is 5.88 Å². The Morgan fingerprint density at radius 2 is 2.00 bits per heavy atom. The summed E-state index contributed by atoms with van der Waals surface area (Å²) in [6.45, 7) is 3.55. The van der Waals surface area contributed by atoms with Gasteiger partial charge in [0.15, 0.2) is 5.96 Å². The largest absolute Gasteiger partial charge is 0.474 e. The Morgan fingerprint density at radius 3 is 2.64 bits per heavy atom. The molecule has 0 bridgehead atoms. The zero-order chi connectivity index (χ0) is 18.9. The maximum Gasteiger partial charge on any atom is 0.213 e. The molecule has 1 aromatic heterocycles. The lowest BCUT2D eigenvalue weighted by molar-refractivity contribution is 0.0625. The van der Waals surface area contributed by atoms with Crippen LogP contribution >= 0.6 is 24.0 Å². The van der Waals surface area contributed by atoms with Crippen LogP contribution in [0.4, 0.5) is 0 Å². The van der Waals surface area contributed by atoms with Gasteiger partial charge in [-0.25, -0.2) is 4.98 Å². The number of aliphatic imine (C=N–C) groups is 1. The Morgan fingerprint density at radius 1 is 1.25 bits per heavy atom. The maximum atomic E-state index is 5.93. The zero-order valence-corrected chi connectivity index (χ0v) is 19.6. The van der Waals surface area contributed by atoms with Crippen LogP contribution in [0.15, 0.2) is 23.3 Å². The molecular weight excluding hydrogens is 467 g/mol. The predicted octanol–water partition coefficient (Wildman–Crippen LogP) is 3.84. The van der Waals surface area contributed by atoms with Crippen molar-refractivity contribution in [2.45, 2.75) is 57.6 Å². The number of rotatable bonds is 7. The monoisotopic (exact) mass is 502 g/mol. The van der Waals surface area contributed by atoms with E-state index < -0.39 is 0 Å². The molecule has 3 rings (SSSR count). The fourth-order valence-corrected chi connectivity index (χ4v) is 3.85. The molecule has 1 aliphatic carbocycles. The van der Waals surface area contributed by atoms with Crippen LogP contribution in [-0.4, -0.2) is 55.8 Å². The van der Waals surface area contributed by atoms with Crippen molar-refractivity contribution in [2.24, 2.45) is 10.9 Å². The second kappa shape index (κ2) is 12.5. The lowest BCUT2D eigenvalue weighted by atomic mass is 9.96. The zero-order valence-electron chi connectivity index (χ0n) is 17.2. The van der Waals surface area contributed by atoms with Gasteiger partial charge in [0.1, 0.15) is 6.10 Å². The summed E-state index contributed by atoms with van der Waals surface area (Å²) in [4.78, 5) is 11.1. The van der Waals surface area contributed by atoms with E-state index in [9.17, 15) is 0 Å². The molecule has 2 aliphatic rings. The quantitative estimate of drug-likeness (QED) is 0.349. The second-order valence-corrected chi connectivity index (χ2v) is 7.70. The van der Waals surface area contributed by atoms with Crippen LogP contribution < -0.4 is 10.1 Å². The molecule has 2 heterocycles. The molecule has 1 aromatic rings. The van der Waals surface area contributed by atoms with E-state index in [2.05, 4.69) is 33.3 Å². The summed E-state index contributed by atoms with van der Waals surface area (Å²) in [7, 11) is 3.94. The van der Waals surface area contributed by atoms with Gasteiger partial charge in [-0.3, -0.25) is 4.99 Å². The summed E-state index contributed by atoms with van der Waals surface area (Å²) >= 11 is 0. The highest BCUT2D eigenvalue weighted by Crippen LogP contribution is 2.23. The van der Waals surface area contributed by atoms with Gasteiger partial charge in [-0.2, -0.15) is 0 Å². The van der Waals surface area contributed by atoms with Crippen molar-refractivity contribution < 1.29 is 9.47 Å². The lowest BCUT2D eigenvalue weighted by Gasteiger charge is -2.26. The number of pyridine rings is 1. The Balaban J connectivity index is 0.00000280. The maximum absolute atomic E-state index is 5.93. The van der Waals surface area contributed by atoms with Gasteiger partial charge in [0.25, 0.3) is 0 Å². The number of hydrogen-bond donors (Lipinski definition) is 1. The molecule has 0 radical (unpaired) electrons. The van der Waals surface area contributed by atoms with Crippen molar-refractivity contribution in [3.8, 4) is 5.88 Å². The molecule has 158 valence electrons. The first kappa shape index (κ1) is 23.2. The number of halogens is 1. The summed E-state index contributed by atoms with van der Waals surface area (Å²) in [5.74, 6) is 2.44. The fraction of sp³-hybridized carbons (Fsp3) is 0.714. The van der Waals surface area contributed by atoms with E-state index in [0.29, 0.717) is 12.6 Å². The first-order valence-electron chi connectivity index (χ1n) is 10.4. The van der Waals surface area contributed by atoms with Crippen molar-refractivity contribution in [3.05, 3.63) is 23.9 Å². The third-order valence-electron chi connectivity index (χ3n) is 5.62. The minimum absolute atomic E-state index is 0. The van der Waals surface area contributed by atoms with E-state index in [0.717, 1.165) is 55.9 Å². The Hall–Kier alpha value is -1.09. The van der Waals surface area contributed by atoms with E-state index in [1.807, 2.05) is 19.3 Å². The smallest absolute Gasteiger partial charge is 0.213 e. The molecule has 0 amide bonds. The molecule has 28 heavy (non-hydrogen) atoms. The molecule has 1 aliphatic heterocycles. The van der Waals surface area contributed by atoms with E-state index in [-0.39, 0.29) is 24.0 Å². The van der Waals surface area contributed by atoms with E-state index in [1.165, 1.54) is 32.1 Å². The average Bonchev–Trinajstić information content (AvgIpc) is 3.22. The summed E-state index contributed by atoms with van der Waals surface area (Å²) in [6, 6.07) is 4.06. The van der Waals surface area contributed by atoms with Crippen molar-refractivity contribution in [1.82, 2.24) is 15.2 Å². The van der Waals surface area contributed by atoms with Crippen molar-refractivity contribution in [3.63, 3.8) is 0 Å². The first-order valence-corrected chi connectivity index (χ1v) is 10.4.